The molecule has 0 fully saturated rings. The molecule has 6 nitrogen and oxygen atoms in total. The van der Waals surface area contributed by atoms with Gasteiger partial charge in [0, 0.05) is 12.2 Å². The van der Waals surface area contributed by atoms with Gasteiger partial charge in [0.05, 0.1) is 19.7 Å². The summed E-state index contributed by atoms with van der Waals surface area (Å²) >= 11 is 0. The smallest absolute Gasteiger partial charge is 0.243 e. The van der Waals surface area contributed by atoms with Crippen LogP contribution in [-0.4, -0.2) is 43.5 Å². The highest BCUT2D eigenvalue weighted by atomic mass is 16.5. The van der Waals surface area contributed by atoms with Gasteiger partial charge in [0.2, 0.25) is 11.8 Å². The largest absolute Gasteiger partial charge is 0.497 e. The summed E-state index contributed by atoms with van der Waals surface area (Å²) in [6, 6.07) is 13.2. The van der Waals surface area contributed by atoms with E-state index >= 15 is 0 Å². The summed E-state index contributed by atoms with van der Waals surface area (Å²) in [7, 11) is 3.51. The molecule has 0 aliphatic carbocycles. The third-order valence-electron chi connectivity index (χ3n) is 4.80. The van der Waals surface area contributed by atoms with E-state index in [0.717, 1.165) is 28.1 Å². The van der Waals surface area contributed by atoms with Crippen LogP contribution in [-0.2, 0) is 16.1 Å². The van der Waals surface area contributed by atoms with Crippen LogP contribution in [0, 0.1) is 13.8 Å². The van der Waals surface area contributed by atoms with Crippen LogP contribution in [0.15, 0.2) is 42.5 Å². The number of ether oxygens (including phenoxy) is 1. The summed E-state index contributed by atoms with van der Waals surface area (Å²) in [5.74, 6) is 0.371. The van der Waals surface area contributed by atoms with Crippen LogP contribution in [0.4, 0.5) is 5.69 Å². The fourth-order valence-corrected chi connectivity index (χ4v) is 2.87. The molecule has 0 saturated heterocycles. The minimum atomic E-state index is -0.366. The lowest BCUT2D eigenvalue weighted by Gasteiger charge is -2.24. The number of hydrogen-bond acceptors (Lipinski definition) is 4. The Morgan fingerprint density at radius 2 is 1.68 bits per heavy atom. The number of benzene rings is 2. The van der Waals surface area contributed by atoms with E-state index in [0.29, 0.717) is 6.54 Å². The molecule has 0 unspecified atom stereocenters. The minimum Gasteiger partial charge on any atom is -0.497 e. The topological polar surface area (TPSA) is 70.7 Å². The number of nitrogens with one attached hydrogen (secondary N) is 2. The van der Waals surface area contributed by atoms with E-state index in [4.69, 9.17) is 4.74 Å². The molecule has 0 aliphatic rings. The summed E-state index contributed by atoms with van der Waals surface area (Å²) in [5.41, 5.74) is 3.86. The van der Waals surface area contributed by atoms with E-state index in [1.54, 1.807) is 7.11 Å². The first-order valence-corrected chi connectivity index (χ1v) is 9.28. The fourth-order valence-electron chi connectivity index (χ4n) is 2.87. The SMILES string of the molecule is COc1ccc(CN(C)[C@H](C)C(=O)NCC(=O)Nc2c(C)cccc2C)cc1. The normalized spacial score (nSPS) is 11.8. The van der Waals surface area contributed by atoms with Crippen LogP contribution >= 0.6 is 0 Å². The molecule has 2 aromatic rings. The highest BCUT2D eigenvalue weighted by molar-refractivity contribution is 5.96. The molecule has 150 valence electrons. The maximum atomic E-state index is 12.4. The third-order valence-corrected chi connectivity index (χ3v) is 4.80. The van der Waals surface area contributed by atoms with Crippen molar-refractivity contribution >= 4 is 17.5 Å². The van der Waals surface area contributed by atoms with Crippen LogP contribution in [0.5, 0.6) is 5.75 Å². The maximum Gasteiger partial charge on any atom is 0.243 e. The van der Waals surface area contributed by atoms with Crippen LogP contribution in [0.2, 0.25) is 0 Å². The molecule has 1 atom stereocenters. The molecule has 0 spiro atoms. The van der Waals surface area contributed by atoms with Gasteiger partial charge < -0.3 is 15.4 Å². The molecule has 28 heavy (non-hydrogen) atoms. The van der Waals surface area contributed by atoms with Crippen LogP contribution in [0.1, 0.15) is 23.6 Å². The lowest BCUT2D eigenvalue weighted by molar-refractivity contribution is -0.127. The number of para-hydroxylation sites is 1. The summed E-state index contributed by atoms with van der Waals surface area (Å²) in [5, 5.41) is 5.59. The lowest BCUT2D eigenvalue weighted by Crippen LogP contribution is -2.45. The highest BCUT2D eigenvalue weighted by Gasteiger charge is 2.19. The second kappa shape index (κ2) is 9.90. The average Bonchev–Trinajstić information content (AvgIpc) is 2.69. The van der Waals surface area contributed by atoms with Gasteiger partial charge in [0.1, 0.15) is 5.75 Å². The molecule has 0 saturated carbocycles. The Balaban J connectivity index is 1.84. The number of amides is 2. The van der Waals surface area contributed by atoms with Crippen molar-refractivity contribution in [3.63, 3.8) is 0 Å². The Bertz CT molecular complexity index is 798. The zero-order chi connectivity index (χ0) is 20.7. The van der Waals surface area contributed by atoms with E-state index in [9.17, 15) is 9.59 Å². The molecule has 0 aliphatic heterocycles. The van der Waals surface area contributed by atoms with Gasteiger partial charge in [-0.05, 0) is 56.6 Å². The number of nitrogens with zero attached hydrogens (tertiary/aromatic N) is 1. The van der Waals surface area contributed by atoms with Gasteiger partial charge in [-0.2, -0.15) is 0 Å². The number of carbonyl (C=O) groups is 2. The van der Waals surface area contributed by atoms with Crippen molar-refractivity contribution in [1.82, 2.24) is 10.2 Å². The van der Waals surface area contributed by atoms with Gasteiger partial charge in [-0.1, -0.05) is 30.3 Å². The monoisotopic (exact) mass is 383 g/mol. The first kappa shape index (κ1) is 21.4. The summed E-state index contributed by atoms with van der Waals surface area (Å²) in [6.07, 6.45) is 0. The van der Waals surface area contributed by atoms with E-state index < -0.39 is 0 Å². The summed E-state index contributed by atoms with van der Waals surface area (Å²) in [4.78, 5) is 26.6. The van der Waals surface area contributed by atoms with Gasteiger partial charge in [-0.25, -0.2) is 0 Å². The van der Waals surface area contributed by atoms with Crippen molar-refractivity contribution < 1.29 is 14.3 Å². The summed E-state index contributed by atoms with van der Waals surface area (Å²) < 4.78 is 5.16. The number of hydrogen-bond donors (Lipinski definition) is 2. The quantitative estimate of drug-likeness (QED) is 0.735. The number of methoxy groups -OCH3 is 1. The van der Waals surface area contributed by atoms with Crippen molar-refractivity contribution in [1.29, 1.82) is 0 Å². The Hall–Kier alpha value is -2.86. The van der Waals surface area contributed by atoms with Crippen LogP contribution < -0.4 is 15.4 Å². The molecule has 0 aromatic heterocycles. The van der Waals surface area contributed by atoms with E-state index in [-0.39, 0.29) is 24.4 Å². The van der Waals surface area contributed by atoms with Crippen molar-refractivity contribution in [2.24, 2.45) is 0 Å². The molecule has 6 heteroatoms. The Morgan fingerprint density at radius 3 is 2.25 bits per heavy atom. The molecule has 2 aromatic carbocycles. The number of carbonyl (C=O) groups excluding carboxylic acids is 2. The second-order valence-electron chi connectivity index (χ2n) is 6.97. The van der Waals surface area contributed by atoms with Crippen molar-refractivity contribution in [3.05, 3.63) is 59.2 Å². The summed E-state index contributed by atoms with van der Waals surface area (Å²) in [6.45, 7) is 6.26. The molecule has 2 rings (SSSR count). The molecule has 0 heterocycles. The molecule has 0 bridgehead atoms. The van der Waals surface area contributed by atoms with E-state index in [1.807, 2.05) is 75.2 Å². The average molecular weight is 383 g/mol. The number of rotatable bonds is 8. The van der Waals surface area contributed by atoms with Crippen molar-refractivity contribution in [3.8, 4) is 5.75 Å². The van der Waals surface area contributed by atoms with Gasteiger partial charge in [-0.15, -0.1) is 0 Å². The molecular weight excluding hydrogens is 354 g/mol. The van der Waals surface area contributed by atoms with Gasteiger partial charge >= 0.3 is 0 Å². The second-order valence-corrected chi connectivity index (χ2v) is 6.97. The maximum absolute atomic E-state index is 12.4. The first-order chi connectivity index (χ1) is 13.3. The number of anilines is 1. The van der Waals surface area contributed by atoms with Crippen molar-refractivity contribution in [2.45, 2.75) is 33.4 Å². The predicted octanol–water partition coefficient (Wildman–Crippen LogP) is 2.89. The Morgan fingerprint density at radius 1 is 1.07 bits per heavy atom. The molecule has 2 amide bonds. The highest BCUT2D eigenvalue weighted by Crippen LogP contribution is 2.19. The number of likely N-dealkylation sites (N-methyl/N-ethyl adjacent to an activating group) is 1. The van der Waals surface area contributed by atoms with E-state index in [1.165, 1.54) is 0 Å². The van der Waals surface area contributed by atoms with Crippen LogP contribution in [0.25, 0.3) is 0 Å². The van der Waals surface area contributed by atoms with Crippen molar-refractivity contribution in [2.75, 3.05) is 26.0 Å². The van der Waals surface area contributed by atoms with E-state index in [2.05, 4.69) is 10.6 Å². The zero-order valence-electron chi connectivity index (χ0n) is 17.2. The first-order valence-electron chi connectivity index (χ1n) is 9.28. The molecule has 2 N–H and O–H groups in total. The standard InChI is InChI=1S/C22H29N3O3/c1-15-7-6-8-16(2)21(15)24-20(26)13-23-22(27)17(3)25(4)14-18-9-11-19(28-5)12-10-18/h6-12,17H,13-14H2,1-5H3,(H,23,27)(H,24,26)/t17-/m1/s1. The van der Waals surface area contributed by atoms with Gasteiger partial charge in [0.25, 0.3) is 0 Å². The van der Waals surface area contributed by atoms with Crippen LogP contribution in [0.3, 0.4) is 0 Å². The molecule has 0 radical (unpaired) electrons. The van der Waals surface area contributed by atoms with Gasteiger partial charge in [-0.3, -0.25) is 14.5 Å². The molecular formula is C22H29N3O3. The number of aryl methyl sites for hydroxylation is 2. The minimum absolute atomic E-state index is 0.0622. The fraction of sp³-hybridized carbons (Fsp3) is 0.364. The lowest BCUT2D eigenvalue weighted by atomic mass is 10.1. The Labute approximate surface area is 166 Å². The van der Waals surface area contributed by atoms with Gasteiger partial charge in [0.15, 0.2) is 0 Å². The third kappa shape index (κ3) is 5.82. The Kier molecular flexibility index (Phi) is 7.58. The predicted molar refractivity (Wildman–Crippen MR) is 111 cm³/mol. The zero-order valence-corrected chi connectivity index (χ0v) is 17.2.